The fourth-order valence-electron chi connectivity index (χ4n) is 9.11. The molecule has 3 aliphatic carbocycles. The molecule has 0 amide bonds. The minimum absolute atomic E-state index is 0.569. The maximum Gasteiger partial charge on any atom is 0.119 e. The highest BCUT2D eigenvalue weighted by Crippen LogP contribution is 2.62. The van der Waals surface area contributed by atoms with Crippen LogP contribution in [0.3, 0.4) is 0 Å². The molecule has 0 spiro atoms. The van der Waals surface area contributed by atoms with E-state index in [1.165, 1.54) is 110 Å². The molecule has 0 radical (unpaired) electrons. The predicted octanol–water partition coefficient (Wildman–Crippen LogP) is 6.65. The highest BCUT2D eigenvalue weighted by atomic mass is 16.5. The van der Waals surface area contributed by atoms with E-state index in [9.17, 15) is 0 Å². The van der Waals surface area contributed by atoms with E-state index >= 15 is 0 Å². The van der Waals surface area contributed by atoms with Gasteiger partial charge in [-0.3, -0.25) is 4.90 Å². The zero-order valence-electron chi connectivity index (χ0n) is 21.8. The van der Waals surface area contributed by atoms with Crippen molar-refractivity contribution in [2.45, 2.75) is 102 Å². The summed E-state index contributed by atoms with van der Waals surface area (Å²) in [6, 6.07) is 8.04. The molecule has 4 fully saturated rings. The summed E-state index contributed by atoms with van der Waals surface area (Å²) in [7, 11) is 0. The van der Waals surface area contributed by atoms with Gasteiger partial charge in [0.2, 0.25) is 0 Å². The third-order valence-corrected chi connectivity index (χ3v) is 10.8. The van der Waals surface area contributed by atoms with E-state index in [0.29, 0.717) is 5.41 Å². The van der Waals surface area contributed by atoms with Crippen LogP contribution in [0.15, 0.2) is 18.2 Å². The first kappa shape index (κ1) is 23.3. The van der Waals surface area contributed by atoms with E-state index in [2.05, 4.69) is 34.9 Å². The molecule has 3 nitrogen and oxygen atoms in total. The van der Waals surface area contributed by atoms with E-state index in [0.717, 1.165) is 42.6 Å². The molecule has 3 heteroatoms. The Balaban J connectivity index is 1.06. The molecule has 0 N–H and O–H groups in total. The molecule has 0 bridgehead atoms. The largest absolute Gasteiger partial charge is 0.494 e. The zero-order chi connectivity index (χ0) is 23.0. The van der Waals surface area contributed by atoms with Crippen LogP contribution >= 0.6 is 0 Å². The van der Waals surface area contributed by atoms with Gasteiger partial charge in [-0.1, -0.05) is 25.8 Å². The number of hydrogen-bond acceptors (Lipinski definition) is 3. The van der Waals surface area contributed by atoms with Gasteiger partial charge in [0.1, 0.15) is 5.75 Å². The normalized spacial score (nSPS) is 36.5. The minimum Gasteiger partial charge on any atom is -0.494 e. The van der Waals surface area contributed by atoms with Crippen molar-refractivity contribution >= 4 is 0 Å². The van der Waals surface area contributed by atoms with Crippen LogP contribution in [0.4, 0.5) is 0 Å². The highest BCUT2D eigenvalue weighted by molar-refractivity contribution is 5.40. The van der Waals surface area contributed by atoms with Crippen LogP contribution in [-0.2, 0) is 6.42 Å². The smallest absolute Gasteiger partial charge is 0.119 e. The molecule has 5 aliphatic rings. The molecule has 5 atom stereocenters. The first-order valence-corrected chi connectivity index (χ1v) is 14.9. The molecule has 1 aromatic rings. The second-order valence-corrected chi connectivity index (χ2v) is 12.6. The molecule has 2 aliphatic heterocycles. The summed E-state index contributed by atoms with van der Waals surface area (Å²) in [5.41, 5.74) is 3.85. The Bertz CT molecular complexity index is 825. The van der Waals surface area contributed by atoms with Gasteiger partial charge in [-0.2, -0.15) is 0 Å². The Morgan fingerprint density at radius 3 is 2.53 bits per heavy atom. The lowest BCUT2D eigenvalue weighted by Gasteiger charge is -2.52. The molecule has 0 unspecified atom stereocenters. The monoisotopic (exact) mass is 464 g/mol. The van der Waals surface area contributed by atoms with Crippen molar-refractivity contribution in [3.05, 3.63) is 29.3 Å². The van der Waals surface area contributed by atoms with Crippen molar-refractivity contribution in [1.82, 2.24) is 9.80 Å². The Labute approximate surface area is 208 Å². The summed E-state index contributed by atoms with van der Waals surface area (Å²) in [6.07, 6.45) is 18.1. The standard InChI is InChI=1S/C31H48N2O/c1-31-16-15-27-26-12-10-25(34-22-8-19-32-17-4-2-3-5-18-32)23-24(26)9-11-28(27)29(31)13-14-30(31)33-20-6-7-21-33/h10,12,23,27-30H,2-9,11,13-22H2,1H3/t27-,28-,29+,30+,31+/m1/s1. The number of fused-ring (bicyclic) bond motifs is 5. The van der Waals surface area contributed by atoms with Gasteiger partial charge in [0.15, 0.2) is 0 Å². The molecule has 6 rings (SSSR count). The van der Waals surface area contributed by atoms with Crippen molar-refractivity contribution in [1.29, 1.82) is 0 Å². The number of ether oxygens (including phenoxy) is 1. The number of hydrogen-bond donors (Lipinski definition) is 0. The van der Waals surface area contributed by atoms with Gasteiger partial charge in [-0.15, -0.1) is 0 Å². The molecule has 2 saturated carbocycles. The van der Waals surface area contributed by atoms with Crippen LogP contribution in [0.25, 0.3) is 0 Å². The Morgan fingerprint density at radius 2 is 1.71 bits per heavy atom. The molecule has 0 aromatic heterocycles. The van der Waals surface area contributed by atoms with E-state index in [4.69, 9.17) is 4.74 Å². The minimum atomic E-state index is 0.569. The molecule has 34 heavy (non-hydrogen) atoms. The van der Waals surface area contributed by atoms with Crippen molar-refractivity contribution in [2.75, 3.05) is 39.3 Å². The van der Waals surface area contributed by atoms with E-state index in [1.54, 1.807) is 11.1 Å². The number of benzene rings is 1. The first-order chi connectivity index (χ1) is 16.7. The SMILES string of the molecule is C[C@]12CC[C@@H]3c4ccc(OCCCN5CCCCCC5)cc4CC[C@H]3[C@@H]1CC[C@@H]2N1CCCC1. The van der Waals surface area contributed by atoms with Crippen LogP contribution in [0, 0.1) is 17.3 Å². The van der Waals surface area contributed by atoms with Gasteiger partial charge in [-0.05, 0) is 143 Å². The molecule has 188 valence electrons. The van der Waals surface area contributed by atoms with Crippen molar-refractivity contribution in [3.8, 4) is 5.75 Å². The lowest BCUT2D eigenvalue weighted by atomic mass is 9.55. The number of rotatable bonds is 6. The van der Waals surface area contributed by atoms with Gasteiger partial charge in [0, 0.05) is 12.6 Å². The van der Waals surface area contributed by atoms with Crippen molar-refractivity contribution in [3.63, 3.8) is 0 Å². The number of aryl methyl sites for hydroxylation is 1. The summed E-state index contributed by atoms with van der Waals surface area (Å²) in [4.78, 5) is 5.53. The van der Waals surface area contributed by atoms with E-state index in [-0.39, 0.29) is 0 Å². The fraction of sp³-hybridized carbons (Fsp3) is 0.806. The second kappa shape index (κ2) is 10.1. The van der Waals surface area contributed by atoms with Crippen LogP contribution in [0.2, 0.25) is 0 Å². The maximum atomic E-state index is 6.25. The summed E-state index contributed by atoms with van der Waals surface area (Å²) < 4.78 is 6.25. The van der Waals surface area contributed by atoms with Crippen LogP contribution in [0.5, 0.6) is 5.75 Å². The average molecular weight is 465 g/mol. The quantitative estimate of drug-likeness (QED) is 0.438. The third kappa shape index (κ3) is 4.45. The van der Waals surface area contributed by atoms with Gasteiger partial charge < -0.3 is 9.64 Å². The Hall–Kier alpha value is -1.06. The summed E-state index contributed by atoms with van der Waals surface area (Å²) in [5.74, 6) is 3.78. The molecule has 2 heterocycles. The maximum absolute atomic E-state index is 6.25. The Kier molecular flexibility index (Phi) is 6.96. The summed E-state index contributed by atoms with van der Waals surface area (Å²) in [6.45, 7) is 10.1. The van der Waals surface area contributed by atoms with E-state index < -0.39 is 0 Å². The number of nitrogens with zero attached hydrogens (tertiary/aromatic N) is 2. The van der Waals surface area contributed by atoms with Gasteiger partial charge in [0.05, 0.1) is 6.61 Å². The molecule has 2 saturated heterocycles. The Morgan fingerprint density at radius 1 is 0.912 bits per heavy atom. The lowest BCUT2D eigenvalue weighted by molar-refractivity contribution is 0.00683. The zero-order valence-corrected chi connectivity index (χ0v) is 21.8. The topological polar surface area (TPSA) is 15.7 Å². The lowest BCUT2D eigenvalue weighted by Crippen LogP contribution is -2.49. The molecular formula is C31H48N2O. The van der Waals surface area contributed by atoms with E-state index in [1.807, 2.05) is 0 Å². The molecule has 1 aromatic carbocycles. The number of likely N-dealkylation sites (tertiary alicyclic amines) is 2. The predicted molar refractivity (Wildman–Crippen MR) is 141 cm³/mol. The van der Waals surface area contributed by atoms with Crippen molar-refractivity contribution < 1.29 is 4.74 Å². The molecular weight excluding hydrogens is 416 g/mol. The van der Waals surface area contributed by atoms with Crippen molar-refractivity contribution in [2.24, 2.45) is 17.3 Å². The average Bonchev–Trinajstić information content (AvgIpc) is 3.42. The van der Waals surface area contributed by atoms with Crippen LogP contribution < -0.4 is 4.74 Å². The van der Waals surface area contributed by atoms with Gasteiger partial charge in [-0.25, -0.2) is 0 Å². The fourth-order valence-corrected chi connectivity index (χ4v) is 9.11. The summed E-state index contributed by atoms with van der Waals surface area (Å²) >= 11 is 0. The first-order valence-electron chi connectivity index (χ1n) is 14.9. The highest BCUT2D eigenvalue weighted by Gasteiger charge is 2.56. The summed E-state index contributed by atoms with van der Waals surface area (Å²) in [5, 5.41) is 0. The van der Waals surface area contributed by atoms with Crippen LogP contribution in [-0.4, -0.2) is 55.2 Å². The van der Waals surface area contributed by atoms with Gasteiger partial charge >= 0.3 is 0 Å². The second-order valence-electron chi connectivity index (χ2n) is 12.6. The van der Waals surface area contributed by atoms with Gasteiger partial charge in [0.25, 0.3) is 0 Å². The van der Waals surface area contributed by atoms with Crippen LogP contribution in [0.1, 0.15) is 101 Å². The third-order valence-electron chi connectivity index (χ3n) is 10.8.